The highest BCUT2D eigenvalue weighted by Gasteiger charge is 2.40. The molecule has 0 spiro atoms. The molecule has 6 heteroatoms. The van der Waals surface area contributed by atoms with Crippen molar-refractivity contribution < 1.29 is 19.1 Å². The predicted octanol–water partition coefficient (Wildman–Crippen LogP) is 1.70. The number of likely N-dealkylation sites (tertiary alicyclic amines) is 1. The van der Waals surface area contributed by atoms with E-state index in [1.165, 1.54) is 0 Å². The standard InChI is InChI=1S/C15H22N2O4/c1-15(2,14(19)20)10-4-3-7-17(9-10)13(18)12-6-5-11(8-16)21-12/h5-6,10H,3-4,7-9,16H2,1-2H3,(H,19,20). The van der Waals surface area contributed by atoms with Crippen molar-refractivity contribution in [2.24, 2.45) is 17.1 Å². The van der Waals surface area contributed by atoms with Crippen LogP contribution in [-0.2, 0) is 11.3 Å². The molecular weight excluding hydrogens is 272 g/mol. The van der Waals surface area contributed by atoms with E-state index in [2.05, 4.69) is 0 Å². The van der Waals surface area contributed by atoms with Crippen molar-refractivity contribution in [2.75, 3.05) is 13.1 Å². The van der Waals surface area contributed by atoms with E-state index in [4.69, 9.17) is 10.2 Å². The van der Waals surface area contributed by atoms with Crippen LogP contribution in [0.25, 0.3) is 0 Å². The van der Waals surface area contributed by atoms with Gasteiger partial charge in [0.15, 0.2) is 5.76 Å². The third kappa shape index (κ3) is 3.10. The lowest BCUT2D eigenvalue weighted by molar-refractivity contribution is -0.151. The van der Waals surface area contributed by atoms with E-state index in [0.717, 1.165) is 12.8 Å². The van der Waals surface area contributed by atoms with Gasteiger partial charge in [0.05, 0.1) is 12.0 Å². The fraction of sp³-hybridized carbons (Fsp3) is 0.600. The first-order valence-electron chi connectivity index (χ1n) is 7.17. The van der Waals surface area contributed by atoms with Crippen LogP contribution in [0.4, 0.5) is 0 Å². The Morgan fingerprint density at radius 2 is 2.19 bits per heavy atom. The molecule has 0 saturated carbocycles. The zero-order valence-corrected chi connectivity index (χ0v) is 12.5. The van der Waals surface area contributed by atoms with Crippen molar-refractivity contribution in [2.45, 2.75) is 33.2 Å². The molecule has 1 aliphatic rings. The smallest absolute Gasteiger partial charge is 0.309 e. The van der Waals surface area contributed by atoms with E-state index in [1.54, 1.807) is 30.9 Å². The Bertz CT molecular complexity index is 536. The Kier molecular flexibility index (Phi) is 4.37. The summed E-state index contributed by atoms with van der Waals surface area (Å²) in [5, 5.41) is 9.33. The van der Waals surface area contributed by atoms with E-state index in [0.29, 0.717) is 18.8 Å². The summed E-state index contributed by atoms with van der Waals surface area (Å²) in [7, 11) is 0. The molecule has 1 fully saturated rings. The van der Waals surface area contributed by atoms with Crippen LogP contribution in [0.2, 0.25) is 0 Å². The maximum Gasteiger partial charge on any atom is 0.309 e. The van der Waals surface area contributed by atoms with Gasteiger partial charge in [0.1, 0.15) is 5.76 Å². The van der Waals surface area contributed by atoms with Crippen LogP contribution in [0, 0.1) is 11.3 Å². The number of nitrogens with zero attached hydrogens (tertiary/aromatic N) is 1. The number of amides is 1. The topological polar surface area (TPSA) is 96.8 Å². The van der Waals surface area contributed by atoms with E-state index in [9.17, 15) is 14.7 Å². The Morgan fingerprint density at radius 1 is 1.48 bits per heavy atom. The summed E-state index contributed by atoms with van der Waals surface area (Å²) in [5.74, 6) is -0.246. The van der Waals surface area contributed by atoms with Gasteiger partial charge in [-0.25, -0.2) is 0 Å². The minimum absolute atomic E-state index is 0.0587. The second-order valence-corrected chi connectivity index (χ2v) is 6.09. The molecule has 1 amide bonds. The monoisotopic (exact) mass is 294 g/mol. The van der Waals surface area contributed by atoms with Crippen LogP contribution in [0.3, 0.4) is 0 Å². The van der Waals surface area contributed by atoms with Gasteiger partial charge in [0.25, 0.3) is 5.91 Å². The maximum absolute atomic E-state index is 12.4. The van der Waals surface area contributed by atoms with Crippen molar-refractivity contribution in [1.29, 1.82) is 0 Å². The Hall–Kier alpha value is -1.82. The molecule has 1 aliphatic heterocycles. The van der Waals surface area contributed by atoms with Crippen LogP contribution >= 0.6 is 0 Å². The molecule has 0 aliphatic carbocycles. The Balaban J connectivity index is 2.10. The second-order valence-electron chi connectivity index (χ2n) is 6.09. The van der Waals surface area contributed by atoms with Crippen LogP contribution < -0.4 is 5.73 Å². The molecule has 6 nitrogen and oxygen atoms in total. The third-order valence-corrected chi connectivity index (χ3v) is 4.35. The molecular formula is C15H22N2O4. The molecule has 3 N–H and O–H groups in total. The first-order valence-corrected chi connectivity index (χ1v) is 7.17. The van der Waals surface area contributed by atoms with E-state index in [-0.39, 0.29) is 24.1 Å². The molecule has 0 radical (unpaired) electrons. The SMILES string of the molecule is CC(C)(C(=O)O)C1CCCN(C(=O)c2ccc(CN)o2)C1. The van der Waals surface area contributed by atoms with Gasteiger partial charge in [-0.15, -0.1) is 0 Å². The molecule has 1 aromatic rings. The summed E-state index contributed by atoms with van der Waals surface area (Å²) in [6.07, 6.45) is 1.62. The van der Waals surface area contributed by atoms with E-state index in [1.807, 2.05) is 0 Å². The fourth-order valence-electron chi connectivity index (χ4n) is 2.68. The van der Waals surface area contributed by atoms with Crippen molar-refractivity contribution in [3.63, 3.8) is 0 Å². The minimum Gasteiger partial charge on any atom is -0.481 e. The molecule has 21 heavy (non-hydrogen) atoms. The lowest BCUT2D eigenvalue weighted by Crippen LogP contribution is -2.46. The van der Waals surface area contributed by atoms with Gasteiger partial charge < -0.3 is 20.2 Å². The van der Waals surface area contributed by atoms with Crippen LogP contribution in [-0.4, -0.2) is 35.0 Å². The highest BCUT2D eigenvalue weighted by atomic mass is 16.4. The second kappa shape index (κ2) is 5.89. The lowest BCUT2D eigenvalue weighted by atomic mass is 9.74. The third-order valence-electron chi connectivity index (χ3n) is 4.35. The molecule has 116 valence electrons. The average molecular weight is 294 g/mol. The minimum atomic E-state index is -0.843. The number of piperidine rings is 1. The van der Waals surface area contributed by atoms with Crippen LogP contribution in [0.5, 0.6) is 0 Å². The number of furan rings is 1. The summed E-state index contributed by atoms with van der Waals surface area (Å²) in [6, 6.07) is 3.31. The normalized spacial score (nSPS) is 19.6. The van der Waals surface area contributed by atoms with Gasteiger partial charge in [-0.3, -0.25) is 9.59 Å². The molecule has 2 rings (SSSR count). The largest absolute Gasteiger partial charge is 0.481 e. The van der Waals surface area contributed by atoms with Crippen molar-refractivity contribution in [3.05, 3.63) is 23.7 Å². The van der Waals surface area contributed by atoms with Gasteiger partial charge in [0.2, 0.25) is 0 Å². The quantitative estimate of drug-likeness (QED) is 0.881. The average Bonchev–Trinajstić information content (AvgIpc) is 2.95. The number of carbonyl (C=O) groups excluding carboxylic acids is 1. The number of hydrogen-bond acceptors (Lipinski definition) is 4. The zero-order valence-electron chi connectivity index (χ0n) is 12.5. The molecule has 0 bridgehead atoms. The fourth-order valence-corrected chi connectivity index (χ4v) is 2.68. The molecule has 2 heterocycles. The summed E-state index contributed by atoms with van der Waals surface area (Å²) in [5.41, 5.74) is 4.63. The van der Waals surface area contributed by atoms with Gasteiger partial charge in [-0.2, -0.15) is 0 Å². The van der Waals surface area contributed by atoms with Crippen molar-refractivity contribution in [3.8, 4) is 0 Å². The van der Waals surface area contributed by atoms with Crippen LogP contribution in [0.15, 0.2) is 16.5 Å². The Morgan fingerprint density at radius 3 is 2.76 bits per heavy atom. The molecule has 1 atom stereocenters. The first kappa shape index (κ1) is 15.6. The number of rotatable bonds is 4. The highest BCUT2D eigenvalue weighted by molar-refractivity contribution is 5.91. The van der Waals surface area contributed by atoms with Crippen molar-refractivity contribution in [1.82, 2.24) is 4.90 Å². The number of carboxylic acid groups (broad SMARTS) is 1. The molecule has 0 aromatic carbocycles. The number of hydrogen-bond donors (Lipinski definition) is 2. The number of carboxylic acids is 1. The maximum atomic E-state index is 12.4. The van der Waals surface area contributed by atoms with Crippen LogP contribution in [0.1, 0.15) is 43.0 Å². The number of carbonyl (C=O) groups is 2. The van der Waals surface area contributed by atoms with Gasteiger partial charge in [0, 0.05) is 13.1 Å². The Labute approximate surface area is 123 Å². The first-order chi connectivity index (χ1) is 9.86. The molecule has 1 unspecified atom stereocenters. The van der Waals surface area contributed by atoms with Gasteiger partial charge in [-0.1, -0.05) is 0 Å². The van der Waals surface area contributed by atoms with E-state index >= 15 is 0 Å². The summed E-state index contributed by atoms with van der Waals surface area (Å²) >= 11 is 0. The summed E-state index contributed by atoms with van der Waals surface area (Å²) < 4.78 is 5.38. The number of aliphatic carboxylic acids is 1. The van der Waals surface area contributed by atoms with Gasteiger partial charge in [-0.05, 0) is 44.7 Å². The van der Waals surface area contributed by atoms with E-state index < -0.39 is 11.4 Å². The number of nitrogens with two attached hydrogens (primary N) is 1. The van der Waals surface area contributed by atoms with Crippen molar-refractivity contribution >= 4 is 11.9 Å². The molecule has 1 saturated heterocycles. The summed E-state index contributed by atoms with van der Waals surface area (Å²) in [4.78, 5) is 25.5. The lowest BCUT2D eigenvalue weighted by Gasteiger charge is -2.38. The zero-order chi connectivity index (χ0) is 15.6. The predicted molar refractivity (Wildman–Crippen MR) is 76.6 cm³/mol. The van der Waals surface area contributed by atoms with Gasteiger partial charge >= 0.3 is 5.97 Å². The summed E-state index contributed by atoms with van der Waals surface area (Å²) in [6.45, 7) is 4.75. The molecule has 1 aromatic heterocycles. The highest BCUT2D eigenvalue weighted by Crippen LogP contribution is 2.34.